The smallest absolute Gasteiger partial charge is 0.319 e. The second-order valence-corrected chi connectivity index (χ2v) is 9.72. The van der Waals surface area contributed by atoms with E-state index < -0.39 is 0 Å². The van der Waals surface area contributed by atoms with E-state index in [-0.39, 0.29) is 6.03 Å². The number of nitrogens with zero attached hydrogens (tertiary/aromatic N) is 3. The molecule has 1 heterocycles. The van der Waals surface area contributed by atoms with E-state index in [0.717, 1.165) is 41.1 Å². The van der Waals surface area contributed by atoms with E-state index in [1.54, 1.807) is 0 Å². The highest BCUT2D eigenvalue weighted by atomic mass is 16.5. The maximum absolute atomic E-state index is 12.3. The molecule has 3 aromatic rings. The summed E-state index contributed by atoms with van der Waals surface area (Å²) in [5.74, 6) is 0.887. The molecule has 7 heteroatoms. The Morgan fingerprint density at radius 2 is 1.86 bits per heavy atom. The van der Waals surface area contributed by atoms with Crippen LogP contribution in [0.1, 0.15) is 57.1 Å². The van der Waals surface area contributed by atoms with Crippen molar-refractivity contribution < 1.29 is 9.53 Å². The zero-order valence-electron chi connectivity index (χ0n) is 20.9. The second kappa shape index (κ2) is 10.0. The van der Waals surface area contributed by atoms with Gasteiger partial charge in [-0.1, -0.05) is 12.1 Å². The first-order valence-corrected chi connectivity index (χ1v) is 12.7. The molecule has 0 unspecified atom stereocenters. The molecule has 35 heavy (non-hydrogen) atoms. The summed E-state index contributed by atoms with van der Waals surface area (Å²) in [5, 5.41) is 13.6. The molecule has 0 spiro atoms. The van der Waals surface area contributed by atoms with Crippen LogP contribution in [0, 0.1) is 0 Å². The largest absolute Gasteiger partial charge is 0.494 e. The summed E-state index contributed by atoms with van der Waals surface area (Å²) in [4.78, 5) is 12.3. The Kier molecular flexibility index (Phi) is 6.66. The quantitative estimate of drug-likeness (QED) is 0.311. The van der Waals surface area contributed by atoms with Gasteiger partial charge < -0.3 is 24.9 Å². The number of hydrogen-bond acceptors (Lipinski definition) is 4. The topological polar surface area (TPSA) is 70.9 Å². The highest BCUT2D eigenvalue weighted by molar-refractivity contribution is 6.07. The number of fused-ring (bicyclic) bond motifs is 1. The number of benzene rings is 2. The third-order valence-corrected chi connectivity index (χ3v) is 7.04. The van der Waals surface area contributed by atoms with Gasteiger partial charge in [0.05, 0.1) is 24.0 Å². The van der Waals surface area contributed by atoms with Crippen LogP contribution in [0.5, 0.6) is 5.75 Å². The van der Waals surface area contributed by atoms with Crippen molar-refractivity contribution in [3.8, 4) is 17.0 Å². The molecule has 2 fully saturated rings. The predicted octanol–water partition coefficient (Wildman–Crippen LogP) is 6.00. The van der Waals surface area contributed by atoms with Crippen molar-refractivity contribution in [2.45, 2.75) is 57.5 Å². The first kappa shape index (κ1) is 23.3. The number of carbonyl (C=O) groups excluding carboxylic acids is 1. The average Bonchev–Trinajstić information content (AvgIpc) is 3.08. The summed E-state index contributed by atoms with van der Waals surface area (Å²) in [6.45, 7) is 2.65. The number of hydrogen-bond donors (Lipinski definition) is 2. The van der Waals surface area contributed by atoms with Gasteiger partial charge in [-0.2, -0.15) is 5.10 Å². The first-order valence-electron chi connectivity index (χ1n) is 12.7. The monoisotopic (exact) mass is 473 g/mol. The Hall–Kier alpha value is -3.48. The predicted molar refractivity (Wildman–Crippen MR) is 143 cm³/mol. The minimum absolute atomic E-state index is 0.131. The van der Waals surface area contributed by atoms with Gasteiger partial charge in [-0.05, 0) is 75.3 Å². The van der Waals surface area contributed by atoms with E-state index >= 15 is 0 Å². The van der Waals surface area contributed by atoms with Crippen LogP contribution in [0.2, 0.25) is 0 Å². The van der Waals surface area contributed by atoms with Gasteiger partial charge in [0.15, 0.2) is 0 Å². The number of anilines is 1. The molecule has 0 radical (unpaired) electrons. The Balaban J connectivity index is 1.55. The average molecular weight is 474 g/mol. The number of ether oxygens (including phenoxy) is 1. The SMILES string of the molecule is CCOc1ccc2c(C=NN(C)C)c(-c3ccc(NC(=O)NC4CCC4)cc3)n(C3CCC3)c2c1. The van der Waals surface area contributed by atoms with Gasteiger partial charge in [-0.25, -0.2) is 4.79 Å². The van der Waals surface area contributed by atoms with Gasteiger partial charge in [0, 0.05) is 48.9 Å². The summed E-state index contributed by atoms with van der Waals surface area (Å²) < 4.78 is 8.32. The van der Waals surface area contributed by atoms with E-state index in [1.165, 1.54) is 36.6 Å². The van der Waals surface area contributed by atoms with Crippen LogP contribution in [0.3, 0.4) is 0 Å². The molecule has 2 amide bonds. The highest BCUT2D eigenvalue weighted by Crippen LogP contribution is 2.43. The number of rotatable bonds is 8. The van der Waals surface area contributed by atoms with Gasteiger partial charge in [-0.3, -0.25) is 0 Å². The van der Waals surface area contributed by atoms with Gasteiger partial charge >= 0.3 is 6.03 Å². The van der Waals surface area contributed by atoms with Crippen LogP contribution >= 0.6 is 0 Å². The molecule has 0 bridgehead atoms. The van der Waals surface area contributed by atoms with Crippen LogP contribution in [-0.4, -0.2) is 48.6 Å². The molecule has 0 aliphatic heterocycles. The number of carbonyl (C=O) groups is 1. The molecule has 5 rings (SSSR count). The Morgan fingerprint density at radius 1 is 1.11 bits per heavy atom. The van der Waals surface area contributed by atoms with E-state index in [1.807, 2.05) is 50.4 Å². The van der Waals surface area contributed by atoms with Crippen LogP contribution in [0.15, 0.2) is 47.6 Å². The van der Waals surface area contributed by atoms with Crippen molar-refractivity contribution in [1.29, 1.82) is 0 Å². The Labute approximate surface area is 207 Å². The lowest BCUT2D eigenvalue weighted by molar-refractivity contribution is 0.240. The number of urea groups is 1. The third kappa shape index (κ3) is 4.85. The van der Waals surface area contributed by atoms with Crippen LogP contribution in [-0.2, 0) is 0 Å². The molecule has 2 aliphatic rings. The van der Waals surface area contributed by atoms with E-state index in [2.05, 4.69) is 44.6 Å². The van der Waals surface area contributed by atoms with Gasteiger partial charge in [0.1, 0.15) is 5.75 Å². The van der Waals surface area contributed by atoms with Crippen molar-refractivity contribution in [2.24, 2.45) is 5.10 Å². The lowest BCUT2D eigenvalue weighted by atomic mass is 9.92. The van der Waals surface area contributed by atoms with Crippen LogP contribution in [0.25, 0.3) is 22.2 Å². The molecule has 2 aromatic carbocycles. The molecule has 1 aromatic heterocycles. The van der Waals surface area contributed by atoms with Gasteiger partial charge in [0.2, 0.25) is 0 Å². The minimum Gasteiger partial charge on any atom is -0.494 e. The first-order chi connectivity index (χ1) is 17.0. The van der Waals surface area contributed by atoms with E-state index in [0.29, 0.717) is 18.7 Å². The lowest BCUT2D eigenvalue weighted by Crippen LogP contribution is -2.41. The van der Waals surface area contributed by atoms with Crippen molar-refractivity contribution >= 4 is 28.8 Å². The molecule has 2 aliphatic carbocycles. The molecule has 0 atom stereocenters. The number of nitrogens with one attached hydrogen (secondary N) is 2. The highest BCUT2D eigenvalue weighted by Gasteiger charge is 2.27. The molecule has 184 valence electrons. The third-order valence-electron chi connectivity index (χ3n) is 7.04. The van der Waals surface area contributed by atoms with E-state index in [9.17, 15) is 4.79 Å². The minimum atomic E-state index is -0.131. The van der Waals surface area contributed by atoms with Crippen LogP contribution < -0.4 is 15.4 Å². The van der Waals surface area contributed by atoms with Crippen molar-refractivity contribution in [3.63, 3.8) is 0 Å². The fraction of sp³-hybridized carbons (Fsp3) is 0.429. The second-order valence-electron chi connectivity index (χ2n) is 9.72. The lowest BCUT2D eigenvalue weighted by Gasteiger charge is -2.30. The molecule has 0 saturated heterocycles. The zero-order valence-corrected chi connectivity index (χ0v) is 20.9. The standard InChI is InChI=1S/C28H35N5O2/c1-4-35-23-15-16-24-25(18-29-32(2)3)27(33(26(24)17-23)22-9-6-10-22)19-11-13-21(14-12-19)31-28(34)30-20-7-5-8-20/h11-18,20,22H,4-10H2,1-3H3,(H2,30,31,34). The van der Waals surface area contributed by atoms with Crippen molar-refractivity contribution in [3.05, 3.63) is 48.0 Å². The summed E-state index contributed by atoms with van der Waals surface area (Å²) in [5.41, 5.74) is 5.34. The van der Waals surface area contributed by atoms with Gasteiger partial charge in [0.25, 0.3) is 0 Å². The van der Waals surface area contributed by atoms with Crippen molar-refractivity contribution in [2.75, 3.05) is 26.0 Å². The summed E-state index contributed by atoms with van der Waals surface area (Å²) in [6.07, 6.45) is 8.88. The number of aromatic nitrogens is 1. The Bertz CT molecular complexity index is 1220. The Morgan fingerprint density at radius 3 is 2.46 bits per heavy atom. The maximum Gasteiger partial charge on any atom is 0.319 e. The molecular weight excluding hydrogens is 438 g/mol. The fourth-order valence-corrected chi connectivity index (χ4v) is 4.81. The number of amides is 2. The molecule has 7 nitrogen and oxygen atoms in total. The molecular formula is C28H35N5O2. The normalized spacial score (nSPS) is 16.2. The summed E-state index contributed by atoms with van der Waals surface area (Å²) >= 11 is 0. The summed E-state index contributed by atoms with van der Waals surface area (Å²) in [6, 6.07) is 15.1. The van der Waals surface area contributed by atoms with E-state index in [4.69, 9.17) is 4.74 Å². The summed E-state index contributed by atoms with van der Waals surface area (Å²) in [7, 11) is 3.87. The fourth-order valence-electron chi connectivity index (χ4n) is 4.81. The van der Waals surface area contributed by atoms with Crippen LogP contribution in [0.4, 0.5) is 10.5 Å². The molecule has 2 saturated carbocycles. The number of hydrazone groups is 1. The maximum atomic E-state index is 12.3. The van der Waals surface area contributed by atoms with Crippen molar-refractivity contribution in [1.82, 2.24) is 14.9 Å². The zero-order chi connectivity index (χ0) is 24.4. The molecule has 2 N–H and O–H groups in total. The van der Waals surface area contributed by atoms with Gasteiger partial charge in [-0.15, -0.1) is 0 Å².